The molecule has 2 bridgehead atoms. The first-order valence-electron chi connectivity index (χ1n) is 21.1. The zero-order chi connectivity index (χ0) is 40.8. The minimum atomic E-state index is -1.73. The zero-order valence-corrected chi connectivity index (χ0v) is 34.4. The summed E-state index contributed by atoms with van der Waals surface area (Å²) in [6.45, 7) is 17.4. The summed E-state index contributed by atoms with van der Waals surface area (Å²) in [7, 11) is 0. The first-order valence-corrected chi connectivity index (χ1v) is 21.1. The van der Waals surface area contributed by atoms with Gasteiger partial charge in [0.2, 0.25) is 0 Å². The molecule has 20 atom stereocenters. The minimum absolute atomic E-state index is 0.0164. The van der Waals surface area contributed by atoms with Crippen molar-refractivity contribution in [3.63, 3.8) is 0 Å². The highest BCUT2D eigenvalue weighted by Gasteiger charge is 2.80. The van der Waals surface area contributed by atoms with E-state index in [1.165, 1.54) is 0 Å². The average Bonchev–Trinajstić information content (AvgIpc) is 3.41. The van der Waals surface area contributed by atoms with E-state index in [0.717, 1.165) is 25.7 Å². The van der Waals surface area contributed by atoms with Crippen LogP contribution in [0, 0.1) is 44.3 Å². The number of hydrogen-bond donors (Lipinski definition) is 9. The number of hydroxylamine groups is 1. The van der Waals surface area contributed by atoms with Gasteiger partial charge < -0.3 is 64.6 Å². The van der Waals surface area contributed by atoms with E-state index in [9.17, 15) is 41.0 Å². The average molecular weight is 796 g/mol. The summed E-state index contributed by atoms with van der Waals surface area (Å²) >= 11 is 0. The quantitative estimate of drug-likeness (QED) is 0.107. The van der Waals surface area contributed by atoms with Gasteiger partial charge in [0.25, 0.3) is 0 Å². The fourth-order valence-electron chi connectivity index (χ4n) is 14.5. The molecule has 0 aromatic rings. The smallest absolute Gasteiger partial charge is 0.187 e. The van der Waals surface area contributed by atoms with Gasteiger partial charge in [-0.15, -0.1) is 0 Å². The van der Waals surface area contributed by atoms with E-state index in [2.05, 4.69) is 66.1 Å². The predicted octanol–water partition coefficient (Wildman–Crippen LogP) is 1.91. The molecular formula is C42H69NO13. The van der Waals surface area contributed by atoms with Crippen LogP contribution in [0.25, 0.3) is 0 Å². The molecule has 3 saturated heterocycles. The van der Waals surface area contributed by atoms with Crippen LogP contribution in [-0.4, -0.2) is 139 Å². The van der Waals surface area contributed by atoms with E-state index in [0.29, 0.717) is 32.3 Å². The summed E-state index contributed by atoms with van der Waals surface area (Å²) in [6, 6.07) is 0. The Bertz CT molecular complexity index is 1540. The van der Waals surface area contributed by atoms with Gasteiger partial charge >= 0.3 is 0 Å². The number of ether oxygens (including phenoxy) is 5. The van der Waals surface area contributed by atoms with E-state index in [1.807, 2.05) is 0 Å². The second kappa shape index (κ2) is 13.3. The molecular weight excluding hydrogens is 726 g/mol. The molecule has 8 aliphatic rings. The number of fused-ring (bicyclic) bond motifs is 4. The van der Waals surface area contributed by atoms with Crippen molar-refractivity contribution in [1.29, 1.82) is 0 Å². The number of allylic oxidation sites excluding steroid dienone is 1. The topological polar surface area (TPSA) is 220 Å². The molecule has 8 rings (SSSR count). The lowest BCUT2D eigenvalue weighted by Crippen LogP contribution is -2.79. The summed E-state index contributed by atoms with van der Waals surface area (Å²) in [5, 5.41) is 87.3. The van der Waals surface area contributed by atoms with Crippen LogP contribution in [0.1, 0.15) is 107 Å². The minimum Gasteiger partial charge on any atom is -0.394 e. The van der Waals surface area contributed by atoms with Crippen LogP contribution in [0.2, 0.25) is 0 Å². The van der Waals surface area contributed by atoms with Crippen LogP contribution < -0.4 is 5.48 Å². The van der Waals surface area contributed by atoms with Gasteiger partial charge in [0.1, 0.15) is 42.7 Å². The summed E-state index contributed by atoms with van der Waals surface area (Å²) in [4.78, 5) is 0. The van der Waals surface area contributed by atoms with Crippen LogP contribution >= 0.6 is 0 Å². The lowest BCUT2D eigenvalue weighted by molar-refractivity contribution is -0.369. The molecule has 9 N–H and O–H groups in total. The molecule has 0 aromatic heterocycles. The first-order chi connectivity index (χ1) is 26.1. The Kier molecular flexibility index (Phi) is 9.98. The van der Waals surface area contributed by atoms with E-state index in [-0.39, 0.29) is 33.5 Å². The highest BCUT2D eigenvalue weighted by molar-refractivity contribution is 5.37. The maximum atomic E-state index is 12.2. The van der Waals surface area contributed by atoms with Crippen molar-refractivity contribution in [1.82, 2.24) is 5.48 Å². The van der Waals surface area contributed by atoms with Crippen molar-refractivity contribution in [2.75, 3.05) is 13.2 Å². The molecule has 3 aliphatic heterocycles. The highest BCUT2D eigenvalue weighted by atomic mass is 16.7. The van der Waals surface area contributed by atoms with Crippen LogP contribution in [0.15, 0.2) is 12.2 Å². The molecule has 14 nitrogen and oxygen atoms in total. The van der Waals surface area contributed by atoms with Crippen LogP contribution in [0.3, 0.4) is 0 Å². The third kappa shape index (κ3) is 5.18. The molecule has 0 aromatic carbocycles. The molecule has 0 unspecified atom stereocenters. The van der Waals surface area contributed by atoms with E-state index in [1.54, 1.807) is 6.92 Å². The lowest BCUT2D eigenvalue weighted by atomic mass is 9.30. The molecule has 0 radical (unpaired) electrons. The first kappa shape index (κ1) is 41.9. The molecule has 56 heavy (non-hydrogen) atoms. The van der Waals surface area contributed by atoms with Crippen molar-refractivity contribution in [2.24, 2.45) is 44.3 Å². The Balaban J connectivity index is 1.07. The SMILES string of the molecule is C[C@H]1O[C@@H](O[C@H]2CC[C@]3(C)[C@H]4C=C[C@]56OC[C@@]7(CCC(C)(C)C[C@H]75)[C@H](O)C[C@@]6(C)[C@]4(C)CC[C@@]3(NO)C2(C)C)[C@H](O)[C@@H](O[C@@H]2O[C@H](CO)[C@@H](O)[C@H](O)[C@H]2O)[C@H]1O. The molecule has 4 saturated carbocycles. The van der Waals surface area contributed by atoms with Crippen LogP contribution in [-0.2, 0) is 23.7 Å². The third-order valence-electron chi connectivity index (χ3n) is 18.3. The Labute approximate surface area is 330 Å². The standard InChI is InChI=1S/C42H69NO13/c1-21-27(46)32(56-33-30(49)29(48)28(47)22(19-44)54-33)31(50)34(53-21)55-26-10-11-38(7)23-9-12-41-24-17-35(2,3)13-15-40(24,20-52-41)25(45)18-39(41,8)37(23,6)14-16-42(38,43-51)36(26,4)5/h9,12,21-34,43-51H,10-11,13-20H2,1-8H3/t21-,22-,23+,24-,25-,26+,27+,28-,29+,30-,31-,32+,33+,34+,37-,38-,39+,40-,41+,42-/m1/s1. The third-order valence-corrected chi connectivity index (χ3v) is 18.3. The number of nitrogens with one attached hydrogen (secondary N) is 1. The second-order valence-electron chi connectivity index (χ2n) is 21.4. The van der Waals surface area contributed by atoms with Gasteiger partial charge in [-0.3, -0.25) is 0 Å². The molecule has 1 spiro atoms. The van der Waals surface area contributed by atoms with E-state index in [4.69, 9.17) is 23.7 Å². The number of aliphatic hydroxyl groups excluding tert-OH is 7. The number of rotatable bonds is 6. The Morgan fingerprint density at radius 3 is 2.12 bits per heavy atom. The van der Waals surface area contributed by atoms with Gasteiger partial charge in [-0.1, -0.05) is 60.6 Å². The Hall–Kier alpha value is -0.820. The van der Waals surface area contributed by atoms with E-state index < -0.39 is 102 Å². The Morgan fingerprint density at radius 1 is 0.750 bits per heavy atom. The van der Waals surface area contributed by atoms with Gasteiger partial charge in [-0.2, -0.15) is 5.48 Å². The van der Waals surface area contributed by atoms with Gasteiger partial charge in [-0.25, -0.2) is 0 Å². The lowest BCUT2D eigenvalue weighted by Gasteiger charge is -2.75. The van der Waals surface area contributed by atoms with Gasteiger partial charge in [0, 0.05) is 22.2 Å². The maximum absolute atomic E-state index is 12.2. The maximum Gasteiger partial charge on any atom is 0.187 e. The van der Waals surface area contributed by atoms with Gasteiger partial charge in [-0.05, 0) is 80.5 Å². The molecule has 3 heterocycles. The molecule has 0 amide bonds. The molecule has 320 valence electrons. The Morgan fingerprint density at radius 2 is 1.45 bits per heavy atom. The van der Waals surface area contributed by atoms with Crippen molar-refractivity contribution >= 4 is 0 Å². The fraction of sp³-hybridized carbons (Fsp3) is 0.952. The molecule has 7 fully saturated rings. The van der Waals surface area contributed by atoms with Crippen molar-refractivity contribution in [3.8, 4) is 0 Å². The van der Waals surface area contributed by atoms with Gasteiger partial charge in [0.15, 0.2) is 12.6 Å². The number of hydrogen-bond acceptors (Lipinski definition) is 14. The monoisotopic (exact) mass is 795 g/mol. The molecule has 5 aliphatic carbocycles. The summed E-state index contributed by atoms with van der Waals surface area (Å²) < 4.78 is 31.3. The van der Waals surface area contributed by atoms with Gasteiger partial charge in [0.05, 0.1) is 42.7 Å². The summed E-state index contributed by atoms with van der Waals surface area (Å²) in [5.74, 6) is 0.233. The molecule has 14 heteroatoms. The number of aliphatic hydroxyl groups is 7. The fourth-order valence-corrected chi connectivity index (χ4v) is 14.5. The highest BCUT2D eigenvalue weighted by Crippen LogP contribution is 2.79. The van der Waals surface area contributed by atoms with E-state index >= 15 is 0 Å². The normalized spacial score (nSPS) is 58.4. The van der Waals surface area contributed by atoms with Crippen LogP contribution in [0.4, 0.5) is 0 Å². The van der Waals surface area contributed by atoms with Crippen LogP contribution in [0.5, 0.6) is 0 Å². The summed E-state index contributed by atoms with van der Waals surface area (Å²) in [6.07, 6.45) is -4.22. The van der Waals surface area contributed by atoms with Crippen molar-refractivity contribution in [2.45, 2.75) is 192 Å². The summed E-state index contributed by atoms with van der Waals surface area (Å²) in [5.41, 5.74) is -0.385. The van der Waals surface area contributed by atoms with Crippen molar-refractivity contribution < 1.29 is 64.6 Å². The van der Waals surface area contributed by atoms with Crippen molar-refractivity contribution in [3.05, 3.63) is 12.2 Å². The second-order valence-corrected chi connectivity index (χ2v) is 21.4. The predicted molar refractivity (Wildman–Crippen MR) is 200 cm³/mol. The zero-order valence-electron chi connectivity index (χ0n) is 34.4. The largest absolute Gasteiger partial charge is 0.394 e.